The van der Waals surface area contributed by atoms with E-state index in [4.69, 9.17) is 4.84 Å². The van der Waals surface area contributed by atoms with E-state index in [1.54, 1.807) is 0 Å². The molecular weight excluding hydrogens is 359 g/mol. The summed E-state index contributed by atoms with van der Waals surface area (Å²) in [5.74, 6) is -0.195. The highest BCUT2D eigenvalue weighted by molar-refractivity contribution is 6.23. The monoisotopic (exact) mass is 386 g/mol. The Balaban J connectivity index is 1.96. The first-order chi connectivity index (χ1) is 13.5. The van der Waals surface area contributed by atoms with Gasteiger partial charge >= 0.3 is 0 Å². The summed E-state index contributed by atoms with van der Waals surface area (Å²) in [5.41, 5.74) is 3.98. The number of aliphatic hydroxyl groups excluding tert-OH is 1. The number of halogens is 1. The number of hydrogen-bond donors (Lipinski definition) is 1. The minimum Gasteiger partial charge on any atom is -0.511 e. The van der Waals surface area contributed by atoms with E-state index in [0.29, 0.717) is 25.0 Å². The minimum absolute atomic E-state index is 0.0435. The predicted molar refractivity (Wildman–Crippen MR) is 109 cm³/mol. The van der Waals surface area contributed by atoms with Crippen LogP contribution in [-0.2, 0) is 16.7 Å². The van der Waals surface area contributed by atoms with Gasteiger partial charge in [0.1, 0.15) is 19.0 Å². The highest BCUT2D eigenvalue weighted by Crippen LogP contribution is 2.39. The molecular formula is C22H27FN2O3. The van der Waals surface area contributed by atoms with Crippen LogP contribution in [0.15, 0.2) is 40.8 Å². The normalized spacial score (nSPS) is 18.2. The average molecular weight is 386 g/mol. The second-order valence-corrected chi connectivity index (χ2v) is 7.25. The quantitative estimate of drug-likeness (QED) is 0.419. The number of carbonyl (C=O) groups excluding carboxylic acids is 1. The first-order valence-corrected chi connectivity index (χ1v) is 9.73. The van der Waals surface area contributed by atoms with E-state index in [9.17, 15) is 14.3 Å². The molecule has 28 heavy (non-hydrogen) atoms. The molecule has 0 fully saturated rings. The van der Waals surface area contributed by atoms with Crippen LogP contribution in [-0.4, -0.2) is 34.5 Å². The summed E-state index contributed by atoms with van der Waals surface area (Å²) < 4.78 is 14.4. The number of alkyl halides is 1. The van der Waals surface area contributed by atoms with Gasteiger partial charge in [0.05, 0.1) is 11.3 Å². The molecule has 1 aromatic heterocycles. The lowest BCUT2D eigenvalue weighted by molar-refractivity contribution is -0.116. The third-order valence-electron chi connectivity index (χ3n) is 5.36. The summed E-state index contributed by atoms with van der Waals surface area (Å²) in [6, 6.07) is 8.14. The number of para-hydroxylation sites is 1. The molecule has 2 aromatic rings. The fourth-order valence-corrected chi connectivity index (χ4v) is 4.21. The number of Topliss-reactive ketones (excluding diaryl/α,β-unsaturated/α-hetero) is 1. The van der Waals surface area contributed by atoms with Crippen LogP contribution >= 0.6 is 0 Å². The highest BCUT2D eigenvalue weighted by Gasteiger charge is 2.33. The molecule has 0 saturated carbocycles. The fourth-order valence-electron chi connectivity index (χ4n) is 4.21. The Kier molecular flexibility index (Phi) is 6.17. The van der Waals surface area contributed by atoms with Crippen molar-refractivity contribution >= 4 is 22.4 Å². The van der Waals surface area contributed by atoms with E-state index in [1.807, 2.05) is 26.1 Å². The first kappa shape index (κ1) is 20.1. The molecule has 0 amide bonds. The maximum Gasteiger partial charge on any atom is 0.168 e. The lowest BCUT2D eigenvalue weighted by Crippen LogP contribution is -2.25. The van der Waals surface area contributed by atoms with E-state index in [1.165, 1.54) is 0 Å². The number of rotatable bonds is 7. The molecule has 0 radical (unpaired) electrons. The third-order valence-corrected chi connectivity index (χ3v) is 5.36. The molecule has 1 unspecified atom stereocenters. The topological polar surface area (TPSA) is 63.8 Å². The number of benzene rings is 1. The predicted octanol–water partition coefficient (Wildman–Crippen LogP) is 4.89. The molecule has 5 nitrogen and oxygen atoms in total. The number of ketones is 1. The second-order valence-electron chi connectivity index (χ2n) is 7.25. The van der Waals surface area contributed by atoms with Crippen molar-refractivity contribution in [3.63, 3.8) is 0 Å². The van der Waals surface area contributed by atoms with Gasteiger partial charge in [0.15, 0.2) is 5.78 Å². The summed E-state index contributed by atoms with van der Waals surface area (Å²) in [4.78, 5) is 17.9. The third kappa shape index (κ3) is 3.68. The van der Waals surface area contributed by atoms with Crippen LogP contribution in [0, 0.1) is 6.92 Å². The van der Waals surface area contributed by atoms with Crippen molar-refractivity contribution in [2.75, 3.05) is 13.3 Å². The van der Waals surface area contributed by atoms with Gasteiger partial charge in [-0.2, -0.15) is 0 Å². The smallest absolute Gasteiger partial charge is 0.168 e. The molecule has 150 valence electrons. The van der Waals surface area contributed by atoms with E-state index >= 15 is 0 Å². The van der Waals surface area contributed by atoms with Crippen LogP contribution < -0.4 is 0 Å². The van der Waals surface area contributed by atoms with Crippen molar-refractivity contribution in [2.45, 2.75) is 45.4 Å². The molecule has 1 aromatic carbocycles. The molecule has 0 saturated heterocycles. The van der Waals surface area contributed by atoms with E-state index in [-0.39, 0.29) is 29.6 Å². The SMILES string of the molecule is CCCC(=NOCCF)C1=C(O)CC(c2c(C)c3ccccc3n2C)CC1=O. The van der Waals surface area contributed by atoms with Gasteiger partial charge in [-0.05, 0) is 25.0 Å². The lowest BCUT2D eigenvalue weighted by atomic mass is 9.81. The van der Waals surface area contributed by atoms with Gasteiger partial charge < -0.3 is 14.5 Å². The molecule has 3 rings (SSSR count). The summed E-state index contributed by atoms with van der Waals surface area (Å²) >= 11 is 0. The van der Waals surface area contributed by atoms with Gasteiger partial charge in [-0.1, -0.05) is 36.7 Å². The van der Waals surface area contributed by atoms with Crippen LogP contribution in [0.1, 0.15) is 49.8 Å². The number of carbonyl (C=O) groups is 1. The van der Waals surface area contributed by atoms with Gasteiger partial charge in [0.25, 0.3) is 0 Å². The minimum atomic E-state index is -0.649. The van der Waals surface area contributed by atoms with Crippen LogP contribution in [0.5, 0.6) is 0 Å². The molecule has 1 atom stereocenters. The molecule has 0 bridgehead atoms. The van der Waals surface area contributed by atoms with Gasteiger partial charge in [-0.3, -0.25) is 4.79 Å². The van der Waals surface area contributed by atoms with Crippen LogP contribution in [0.25, 0.3) is 10.9 Å². The molecule has 0 aliphatic heterocycles. The first-order valence-electron chi connectivity index (χ1n) is 9.73. The van der Waals surface area contributed by atoms with E-state index in [0.717, 1.165) is 28.6 Å². The van der Waals surface area contributed by atoms with Crippen LogP contribution in [0.3, 0.4) is 0 Å². The zero-order chi connectivity index (χ0) is 20.3. The molecule has 1 aliphatic carbocycles. The summed E-state index contributed by atoms with van der Waals surface area (Å²) in [7, 11) is 2.00. The van der Waals surface area contributed by atoms with Crippen LogP contribution in [0.2, 0.25) is 0 Å². The number of aromatic nitrogens is 1. The number of oxime groups is 1. The molecule has 6 heteroatoms. The van der Waals surface area contributed by atoms with Crippen molar-refractivity contribution in [1.29, 1.82) is 0 Å². The zero-order valence-corrected chi connectivity index (χ0v) is 16.7. The maximum atomic E-state index is 12.9. The summed E-state index contributed by atoms with van der Waals surface area (Å²) in [6.45, 7) is 3.21. The molecule has 1 aliphatic rings. The Labute approximate surface area is 164 Å². The van der Waals surface area contributed by atoms with Crippen LogP contribution in [0.4, 0.5) is 4.39 Å². The largest absolute Gasteiger partial charge is 0.511 e. The van der Waals surface area contributed by atoms with Crippen molar-refractivity contribution in [1.82, 2.24) is 4.57 Å². The van der Waals surface area contributed by atoms with E-state index < -0.39 is 6.67 Å². The Bertz CT molecular complexity index is 904. The number of nitrogens with zero attached hydrogens (tertiary/aromatic N) is 2. The number of fused-ring (bicyclic) bond motifs is 1. The van der Waals surface area contributed by atoms with Crippen molar-refractivity contribution < 1.29 is 19.1 Å². The lowest BCUT2D eigenvalue weighted by Gasteiger charge is -2.25. The average Bonchev–Trinajstić information content (AvgIpc) is 2.92. The van der Waals surface area contributed by atoms with Crippen molar-refractivity contribution in [3.8, 4) is 0 Å². The summed E-state index contributed by atoms with van der Waals surface area (Å²) in [5, 5.41) is 15.8. The Morgan fingerprint density at radius 3 is 2.75 bits per heavy atom. The highest BCUT2D eigenvalue weighted by atomic mass is 19.1. The molecule has 1 N–H and O–H groups in total. The van der Waals surface area contributed by atoms with Gasteiger partial charge in [-0.15, -0.1) is 0 Å². The Morgan fingerprint density at radius 2 is 2.11 bits per heavy atom. The van der Waals surface area contributed by atoms with Crippen molar-refractivity contribution in [2.24, 2.45) is 12.2 Å². The Hall–Kier alpha value is -2.63. The second kappa shape index (κ2) is 8.59. The van der Waals surface area contributed by atoms with Gasteiger partial charge in [-0.25, -0.2) is 4.39 Å². The Morgan fingerprint density at radius 1 is 1.36 bits per heavy atom. The number of aryl methyl sites for hydroxylation is 2. The van der Waals surface area contributed by atoms with Gasteiger partial charge in [0, 0.05) is 42.4 Å². The zero-order valence-electron chi connectivity index (χ0n) is 16.7. The number of allylic oxidation sites excluding steroid dienone is 2. The fraction of sp³-hybridized carbons (Fsp3) is 0.455. The van der Waals surface area contributed by atoms with E-state index in [2.05, 4.69) is 28.8 Å². The molecule has 1 heterocycles. The number of aliphatic hydroxyl groups is 1. The van der Waals surface area contributed by atoms with Gasteiger partial charge in [0.2, 0.25) is 0 Å². The molecule has 0 spiro atoms. The van der Waals surface area contributed by atoms with Crippen molar-refractivity contribution in [3.05, 3.63) is 46.9 Å². The maximum absolute atomic E-state index is 12.9. The summed E-state index contributed by atoms with van der Waals surface area (Å²) in [6.07, 6.45) is 1.91. The number of hydrogen-bond acceptors (Lipinski definition) is 4. The standard InChI is InChI=1S/C22H27FN2O3/c1-4-7-17(24-28-11-10-23)21-19(26)12-15(13-20(21)27)22-14(2)16-8-5-6-9-18(16)25(22)3/h5-6,8-9,15,26H,4,7,10-13H2,1-3H3.